The molecule has 96 valence electrons. The van der Waals surface area contributed by atoms with E-state index >= 15 is 0 Å². The SMILES string of the molecule is Cc1ccc2nc(-c3cc4c(s3)CCCC4)[nH]c2c1. The summed E-state index contributed by atoms with van der Waals surface area (Å²) in [5.74, 6) is 1.03. The van der Waals surface area contributed by atoms with Gasteiger partial charge in [0.1, 0.15) is 5.82 Å². The summed E-state index contributed by atoms with van der Waals surface area (Å²) in [4.78, 5) is 11.0. The van der Waals surface area contributed by atoms with Crippen LogP contribution in [0.2, 0.25) is 0 Å². The van der Waals surface area contributed by atoms with Crippen LogP contribution in [0.1, 0.15) is 28.8 Å². The molecule has 1 aliphatic rings. The van der Waals surface area contributed by atoms with Crippen LogP contribution >= 0.6 is 11.3 Å². The number of imidazole rings is 1. The maximum atomic E-state index is 4.72. The Kier molecular flexibility index (Phi) is 2.49. The van der Waals surface area contributed by atoms with Crippen molar-refractivity contribution < 1.29 is 0 Å². The fourth-order valence-corrected chi connectivity index (χ4v) is 4.05. The van der Waals surface area contributed by atoms with Crippen molar-refractivity contribution in [3.8, 4) is 10.7 Å². The monoisotopic (exact) mass is 268 g/mol. The maximum absolute atomic E-state index is 4.72. The van der Waals surface area contributed by atoms with Crippen molar-refractivity contribution in [1.82, 2.24) is 9.97 Å². The Morgan fingerprint density at radius 3 is 2.95 bits per heavy atom. The van der Waals surface area contributed by atoms with Gasteiger partial charge in [-0.1, -0.05) is 6.07 Å². The van der Waals surface area contributed by atoms with Gasteiger partial charge in [-0.15, -0.1) is 11.3 Å². The van der Waals surface area contributed by atoms with Crippen LogP contribution in [0, 0.1) is 6.92 Å². The molecule has 0 bridgehead atoms. The largest absolute Gasteiger partial charge is 0.337 e. The molecule has 1 aromatic carbocycles. The second-order valence-electron chi connectivity index (χ2n) is 5.37. The Labute approximate surface area is 116 Å². The van der Waals surface area contributed by atoms with Crippen LogP contribution in [0.25, 0.3) is 21.7 Å². The third kappa shape index (κ3) is 1.89. The number of fused-ring (bicyclic) bond motifs is 2. The number of H-pyrrole nitrogens is 1. The smallest absolute Gasteiger partial charge is 0.148 e. The second kappa shape index (κ2) is 4.20. The van der Waals surface area contributed by atoms with Crippen LogP contribution in [0.5, 0.6) is 0 Å². The zero-order valence-electron chi connectivity index (χ0n) is 11.0. The van der Waals surface area contributed by atoms with Crippen molar-refractivity contribution in [3.63, 3.8) is 0 Å². The summed E-state index contributed by atoms with van der Waals surface area (Å²) in [5, 5.41) is 0. The third-order valence-corrected chi connectivity index (χ3v) is 5.11. The quantitative estimate of drug-likeness (QED) is 0.692. The van der Waals surface area contributed by atoms with Gasteiger partial charge in [0.15, 0.2) is 0 Å². The highest BCUT2D eigenvalue weighted by molar-refractivity contribution is 7.15. The van der Waals surface area contributed by atoms with Crippen molar-refractivity contribution in [2.45, 2.75) is 32.6 Å². The molecule has 0 saturated heterocycles. The van der Waals surface area contributed by atoms with E-state index in [1.54, 1.807) is 10.4 Å². The molecule has 0 unspecified atom stereocenters. The lowest BCUT2D eigenvalue weighted by Crippen LogP contribution is -1.96. The van der Waals surface area contributed by atoms with E-state index in [-0.39, 0.29) is 0 Å². The van der Waals surface area contributed by atoms with Gasteiger partial charge >= 0.3 is 0 Å². The first-order chi connectivity index (χ1) is 9.29. The highest BCUT2D eigenvalue weighted by atomic mass is 32.1. The number of aromatic amines is 1. The molecule has 3 aromatic rings. The molecule has 0 fully saturated rings. The van der Waals surface area contributed by atoms with Gasteiger partial charge in [0, 0.05) is 4.88 Å². The Hall–Kier alpha value is -1.61. The number of benzene rings is 1. The Morgan fingerprint density at radius 1 is 1.16 bits per heavy atom. The summed E-state index contributed by atoms with van der Waals surface area (Å²) in [6.07, 6.45) is 5.17. The molecule has 4 rings (SSSR count). The molecular weight excluding hydrogens is 252 g/mol. The average Bonchev–Trinajstić information content (AvgIpc) is 3.00. The van der Waals surface area contributed by atoms with Crippen LogP contribution in [0.3, 0.4) is 0 Å². The molecule has 2 aromatic heterocycles. The number of aromatic nitrogens is 2. The zero-order valence-corrected chi connectivity index (χ0v) is 11.8. The van der Waals surface area contributed by atoms with E-state index in [0.717, 1.165) is 16.9 Å². The molecule has 2 nitrogen and oxygen atoms in total. The van der Waals surface area contributed by atoms with E-state index in [4.69, 9.17) is 4.98 Å². The van der Waals surface area contributed by atoms with Gasteiger partial charge in [-0.05, 0) is 61.9 Å². The molecule has 0 spiro atoms. The second-order valence-corrected chi connectivity index (χ2v) is 6.51. The molecule has 3 heteroatoms. The van der Waals surface area contributed by atoms with Gasteiger partial charge in [0.2, 0.25) is 0 Å². The van der Waals surface area contributed by atoms with E-state index in [0.29, 0.717) is 0 Å². The van der Waals surface area contributed by atoms with E-state index in [2.05, 4.69) is 36.2 Å². The molecular formula is C16H16N2S. The van der Waals surface area contributed by atoms with Crippen molar-refractivity contribution >= 4 is 22.4 Å². The van der Waals surface area contributed by atoms with E-state index in [1.165, 1.54) is 36.1 Å². The number of rotatable bonds is 1. The van der Waals surface area contributed by atoms with Crippen molar-refractivity contribution in [2.75, 3.05) is 0 Å². The zero-order chi connectivity index (χ0) is 12.8. The topological polar surface area (TPSA) is 28.7 Å². The fourth-order valence-electron chi connectivity index (χ4n) is 2.85. The number of aryl methyl sites for hydroxylation is 3. The number of hydrogen-bond donors (Lipinski definition) is 1. The van der Waals surface area contributed by atoms with Gasteiger partial charge in [-0.25, -0.2) is 4.98 Å². The molecule has 0 amide bonds. The Bertz CT molecular complexity index is 728. The lowest BCUT2D eigenvalue weighted by molar-refractivity contribution is 0.697. The maximum Gasteiger partial charge on any atom is 0.148 e. The number of thiophene rings is 1. The highest BCUT2D eigenvalue weighted by Crippen LogP contribution is 2.35. The minimum Gasteiger partial charge on any atom is -0.337 e. The summed E-state index contributed by atoms with van der Waals surface area (Å²) in [6, 6.07) is 8.72. The Balaban J connectivity index is 1.83. The lowest BCUT2D eigenvalue weighted by Gasteiger charge is -2.08. The predicted octanol–water partition coefficient (Wildman–Crippen LogP) is 4.48. The number of nitrogens with one attached hydrogen (secondary N) is 1. The van der Waals surface area contributed by atoms with Crippen molar-refractivity contribution in [3.05, 3.63) is 40.3 Å². The predicted molar refractivity (Wildman–Crippen MR) is 80.8 cm³/mol. The first kappa shape index (κ1) is 11.2. The molecule has 2 heterocycles. The van der Waals surface area contributed by atoms with E-state index in [9.17, 15) is 0 Å². The highest BCUT2D eigenvalue weighted by Gasteiger charge is 2.16. The summed E-state index contributed by atoms with van der Waals surface area (Å²) >= 11 is 1.91. The van der Waals surface area contributed by atoms with Crippen LogP contribution in [-0.2, 0) is 12.8 Å². The van der Waals surface area contributed by atoms with E-state index in [1.807, 2.05) is 11.3 Å². The summed E-state index contributed by atoms with van der Waals surface area (Å²) in [7, 11) is 0. The van der Waals surface area contributed by atoms with Crippen LogP contribution in [-0.4, -0.2) is 9.97 Å². The molecule has 0 atom stereocenters. The van der Waals surface area contributed by atoms with Crippen LogP contribution in [0.4, 0.5) is 0 Å². The van der Waals surface area contributed by atoms with Crippen molar-refractivity contribution in [2.24, 2.45) is 0 Å². The molecule has 19 heavy (non-hydrogen) atoms. The van der Waals surface area contributed by atoms with Gasteiger partial charge in [-0.2, -0.15) is 0 Å². The Morgan fingerprint density at radius 2 is 2.05 bits per heavy atom. The molecule has 0 saturated carbocycles. The molecule has 0 radical (unpaired) electrons. The summed E-state index contributed by atoms with van der Waals surface area (Å²) in [6.45, 7) is 2.11. The van der Waals surface area contributed by atoms with Gasteiger partial charge < -0.3 is 4.98 Å². The number of nitrogens with zero attached hydrogens (tertiary/aromatic N) is 1. The molecule has 1 N–H and O–H groups in total. The number of hydrogen-bond acceptors (Lipinski definition) is 2. The van der Waals surface area contributed by atoms with Crippen LogP contribution < -0.4 is 0 Å². The first-order valence-electron chi connectivity index (χ1n) is 6.88. The third-order valence-electron chi connectivity index (χ3n) is 3.87. The van der Waals surface area contributed by atoms with Crippen LogP contribution in [0.15, 0.2) is 24.3 Å². The van der Waals surface area contributed by atoms with Gasteiger partial charge in [0.25, 0.3) is 0 Å². The summed E-state index contributed by atoms with van der Waals surface area (Å²) in [5.41, 5.74) is 5.02. The normalized spacial score (nSPS) is 14.8. The van der Waals surface area contributed by atoms with E-state index < -0.39 is 0 Å². The average molecular weight is 268 g/mol. The first-order valence-corrected chi connectivity index (χ1v) is 7.69. The minimum absolute atomic E-state index is 1.03. The minimum atomic E-state index is 1.03. The van der Waals surface area contributed by atoms with Gasteiger partial charge in [-0.3, -0.25) is 0 Å². The molecule has 1 aliphatic carbocycles. The van der Waals surface area contributed by atoms with Gasteiger partial charge in [0.05, 0.1) is 15.9 Å². The molecule has 0 aliphatic heterocycles. The summed E-state index contributed by atoms with van der Waals surface area (Å²) < 4.78 is 0. The fraction of sp³-hybridized carbons (Fsp3) is 0.312. The lowest BCUT2D eigenvalue weighted by atomic mass is 9.99. The standard InChI is InChI=1S/C16H16N2S/c1-10-6-7-12-13(8-10)18-16(17-12)15-9-11-4-2-3-5-14(11)19-15/h6-9H,2-5H2,1H3,(H,17,18). The van der Waals surface area contributed by atoms with Crippen molar-refractivity contribution in [1.29, 1.82) is 0 Å².